The third-order valence-electron chi connectivity index (χ3n) is 2.17. The maximum atomic E-state index is 5.25. The van der Waals surface area contributed by atoms with Gasteiger partial charge in [0.2, 0.25) is 0 Å². The van der Waals surface area contributed by atoms with Crippen molar-refractivity contribution < 1.29 is 0 Å². The van der Waals surface area contributed by atoms with Gasteiger partial charge >= 0.3 is 0 Å². The zero-order chi connectivity index (χ0) is 10.6. The average molecular weight is 228 g/mol. The summed E-state index contributed by atoms with van der Waals surface area (Å²) in [5, 5.41) is 0. The molecule has 0 aliphatic heterocycles. The number of aliphatic imine (C=N–C) groups is 1. The van der Waals surface area contributed by atoms with Crippen molar-refractivity contribution in [2.45, 2.75) is 20.3 Å². The van der Waals surface area contributed by atoms with Crippen molar-refractivity contribution in [1.82, 2.24) is 0 Å². The monoisotopic (exact) mass is 227 g/mol. The molecule has 4 heteroatoms. The Morgan fingerprint density at radius 3 is 2.47 bits per heavy atom. The topological polar surface area (TPSA) is 64.4 Å². The van der Waals surface area contributed by atoms with Crippen molar-refractivity contribution in [2.75, 3.05) is 6.54 Å². The lowest BCUT2D eigenvalue weighted by atomic mass is 10.0. The first-order valence-corrected chi connectivity index (χ1v) is 4.71. The molecule has 1 aromatic carbocycles. The fourth-order valence-electron chi connectivity index (χ4n) is 1.43. The van der Waals surface area contributed by atoms with Gasteiger partial charge in [0.15, 0.2) is 5.96 Å². The van der Waals surface area contributed by atoms with Crippen molar-refractivity contribution in [3.63, 3.8) is 0 Å². The van der Waals surface area contributed by atoms with Crippen LogP contribution in [0.3, 0.4) is 0 Å². The van der Waals surface area contributed by atoms with Gasteiger partial charge < -0.3 is 11.5 Å². The van der Waals surface area contributed by atoms with E-state index in [4.69, 9.17) is 11.5 Å². The Morgan fingerprint density at radius 1 is 1.27 bits per heavy atom. The Balaban J connectivity index is 0.00000196. The highest BCUT2D eigenvalue weighted by atomic mass is 35.5. The summed E-state index contributed by atoms with van der Waals surface area (Å²) in [7, 11) is 0. The molecule has 0 atom stereocenters. The molecule has 1 rings (SSSR count). The van der Waals surface area contributed by atoms with E-state index < -0.39 is 0 Å². The Labute approximate surface area is 97.0 Å². The molecule has 84 valence electrons. The standard InChI is InChI=1S/C11H17N3.ClH/c1-8-3-4-10(9(2)7-8)5-6-14-11(12)13;/h3-4,7H,5-6H2,1-2H3,(H4,12,13,14);1H. The normalized spacial score (nSPS) is 9.20. The molecule has 0 aromatic heterocycles. The maximum Gasteiger partial charge on any atom is 0.185 e. The second-order valence-corrected chi connectivity index (χ2v) is 3.49. The number of hydrogen-bond acceptors (Lipinski definition) is 1. The van der Waals surface area contributed by atoms with Crippen LogP contribution < -0.4 is 11.5 Å². The van der Waals surface area contributed by atoms with Crippen LogP contribution in [0, 0.1) is 13.8 Å². The summed E-state index contributed by atoms with van der Waals surface area (Å²) in [5.41, 5.74) is 14.4. The van der Waals surface area contributed by atoms with Crippen LogP contribution in [0.1, 0.15) is 16.7 Å². The summed E-state index contributed by atoms with van der Waals surface area (Å²) < 4.78 is 0. The molecule has 0 saturated heterocycles. The van der Waals surface area contributed by atoms with E-state index in [1.54, 1.807) is 0 Å². The molecular weight excluding hydrogens is 210 g/mol. The molecule has 1 aromatic rings. The predicted molar refractivity (Wildman–Crippen MR) is 67.5 cm³/mol. The van der Waals surface area contributed by atoms with Crippen molar-refractivity contribution in [3.05, 3.63) is 34.9 Å². The molecule has 0 amide bonds. The Kier molecular flexibility index (Phi) is 5.79. The zero-order valence-electron chi connectivity index (χ0n) is 9.16. The zero-order valence-corrected chi connectivity index (χ0v) is 9.97. The van der Waals surface area contributed by atoms with E-state index in [1.807, 2.05) is 0 Å². The molecule has 0 aliphatic carbocycles. The van der Waals surface area contributed by atoms with Gasteiger partial charge in [0, 0.05) is 6.54 Å². The molecule has 0 radical (unpaired) electrons. The van der Waals surface area contributed by atoms with Crippen molar-refractivity contribution in [2.24, 2.45) is 16.5 Å². The van der Waals surface area contributed by atoms with Gasteiger partial charge in [0.05, 0.1) is 0 Å². The van der Waals surface area contributed by atoms with Gasteiger partial charge in [-0.1, -0.05) is 23.8 Å². The van der Waals surface area contributed by atoms with Crippen LogP contribution in [0.15, 0.2) is 23.2 Å². The first-order chi connectivity index (χ1) is 6.59. The van der Waals surface area contributed by atoms with Gasteiger partial charge in [-0.2, -0.15) is 0 Å². The number of nitrogens with two attached hydrogens (primary N) is 2. The first-order valence-electron chi connectivity index (χ1n) is 4.71. The fraction of sp³-hybridized carbons (Fsp3) is 0.364. The Morgan fingerprint density at radius 2 is 1.93 bits per heavy atom. The quantitative estimate of drug-likeness (QED) is 0.608. The van der Waals surface area contributed by atoms with Crippen LogP contribution in [0.2, 0.25) is 0 Å². The molecular formula is C11H18ClN3. The number of aryl methyl sites for hydroxylation is 2. The summed E-state index contributed by atoms with van der Waals surface area (Å²) in [6, 6.07) is 6.41. The van der Waals surface area contributed by atoms with Gasteiger partial charge in [0.1, 0.15) is 0 Å². The third kappa shape index (κ3) is 4.70. The summed E-state index contributed by atoms with van der Waals surface area (Å²) in [6.45, 7) is 4.86. The molecule has 0 spiro atoms. The number of guanidine groups is 1. The summed E-state index contributed by atoms with van der Waals surface area (Å²) >= 11 is 0. The van der Waals surface area contributed by atoms with E-state index in [0.717, 1.165) is 6.42 Å². The van der Waals surface area contributed by atoms with E-state index in [1.165, 1.54) is 16.7 Å². The molecule has 0 saturated carbocycles. The van der Waals surface area contributed by atoms with Crippen LogP contribution in [0.25, 0.3) is 0 Å². The summed E-state index contributed by atoms with van der Waals surface area (Å²) in [6.07, 6.45) is 0.893. The van der Waals surface area contributed by atoms with Crippen molar-refractivity contribution in [3.8, 4) is 0 Å². The van der Waals surface area contributed by atoms with Gasteiger partial charge in [-0.05, 0) is 31.4 Å². The van der Waals surface area contributed by atoms with E-state index in [9.17, 15) is 0 Å². The molecule has 0 aliphatic rings. The van der Waals surface area contributed by atoms with Crippen molar-refractivity contribution in [1.29, 1.82) is 0 Å². The number of halogens is 1. The van der Waals surface area contributed by atoms with Gasteiger partial charge in [0.25, 0.3) is 0 Å². The Hall–Kier alpha value is -1.22. The second-order valence-electron chi connectivity index (χ2n) is 3.49. The minimum Gasteiger partial charge on any atom is -0.370 e. The third-order valence-corrected chi connectivity index (χ3v) is 2.17. The lowest BCUT2D eigenvalue weighted by molar-refractivity contribution is 0.951. The van der Waals surface area contributed by atoms with E-state index in [-0.39, 0.29) is 18.4 Å². The number of nitrogens with zero attached hydrogens (tertiary/aromatic N) is 1. The molecule has 0 unspecified atom stereocenters. The predicted octanol–water partition coefficient (Wildman–Crippen LogP) is 1.54. The highest BCUT2D eigenvalue weighted by Gasteiger charge is 1.97. The van der Waals surface area contributed by atoms with Crippen LogP contribution in [-0.2, 0) is 6.42 Å². The Bertz CT molecular complexity index is 344. The van der Waals surface area contributed by atoms with Crippen LogP contribution in [0.4, 0.5) is 0 Å². The van der Waals surface area contributed by atoms with E-state index in [0.29, 0.717) is 6.54 Å². The van der Waals surface area contributed by atoms with Crippen LogP contribution in [0.5, 0.6) is 0 Å². The van der Waals surface area contributed by atoms with Gasteiger partial charge in [-0.3, -0.25) is 4.99 Å². The van der Waals surface area contributed by atoms with Gasteiger partial charge in [-0.15, -0.1) is 12.4 Å². The molecule has 4 N–H and O–H groups in total. The van der Waals surface area contributed by atoms with Crippen LogP contribution in [-0.4, -0.2) is 12.5 Å². The average Bonchev–Trinajstić information content (AvgIpc) is 2.08. The van der Waals surface area contributed by atoms with E-state index >= 15 is 0 Å². The lowest BCUT2D eigenvalue weighted by Crippen LogP contribution is -2.23. The molecule has 0 heterocycles. The highest BCUT2D eigenvalue weighted by Crippen LogP contribution is 2.10. The summed E-state index contributed by atoms with van der Waals surface area (Å²) in [5.74, 6) is 0.162. The van der Waals surface area contributed by atoms with Gasteiger partial charge in [-0.25, -0.2) is 0 Å². The molecule has 15 heavy (non-hydrogen) atoms. The highest BCUT2D eigenvalue weighted by molar-refractivity contribution is 5.85. The van der Waals surface area contributed by atoms with E-state index in [2.05, 4.69) is 37.0 Å². The van der Waals surface area contributed by atoms with Crippen LogP contribution >= 0.6 is 12.4 Å². The smallest absolute Gasteiger partial charge is 0.185 e. The van der Waals surface area contributed by atoms with Crippen molar-refractivity contribution >= 4 is 18.4 Å². The minimum atomic E-state index is 0. The minimum absolute atomic E-state index is 0. The summed E-state index contributed by atoms with van der Waals surface area (Å²) in [4.78, 5) is 3.96. The molecule has 0 bridgehead atoms. The lowest BCUT2D eigenvalue weighted by Gasteiger charge is -2.04. The molecule has 0 fully saturated rings. The number of hydrogen-bond donors (Lipinski definition) is 2. The largest absolute Gasteiger partial charge is 0.370 e. The fourth-order valence-corrected chi connectivity index (χ4v) is 1.43. The number of rotatable bonds is 3. The number of benzene rings is 1. The maximum absolute atomic E-state index is 5.25. The SMILES string of the molecule is Cc1ccc(CCN=C(N)N)c(C)c1.Cl. The first kappa shape index (κ1) is 13.8. The molecule has 3 nitrogen and oxygen atoms in total. The second kappa shape index (κ2) is 6.30.